The van der Waals surface area contributed by atoms with Crippen LogP contribution in [0.4, 0.5) is 21.0 Å². The van der Waals surface area contributed by atoms with Crippen molar-refractivity contribution in [2.24, 2.45) is 0 Å². The Kier molecular flexibility index (Phi) is 11.1. The third kappa shape index (κ3) is 9.38. The number of para-hydroxylation sites is 3. The van der Waals surface area contributed by atoms with E-state index in [0.29, 0.717) is 48.9 Å². The van der Waals surface area contributed by atoms with Crippen LogP contribution in [-0.4, -0.2) is 64.2 Å². The first-order chi connectivity index (χ1) is 18.1. The van der Waals surface area contributed by atoms with Gasteiger partial charge in [-0.05, 0) is 42.3 Å². The Hall–Kier alpha value is -4.24. The van der Waals surface area contributed by atoms with Gasteiger partial charge < -0.3 is 18.9 Å². The summed E-state index contributed by atoms with van der Waals surface area (Å²) in [5, 5.41) is 5.39. The molecule has 3 aromatic rings. The summed E-state index contributed by atoms with van der Waals surface area (Å²) in [6.45, 7) is 1.88. The minimum absolute atomic E-state index is 0.171. The van der Waals surface area contributed by atoms with E-state index in [-0.39, 0.29) is 13.2 Å². The maximum Gasteiger partial charge on any atom is 0.411 e. The third-order valence-electron chi connectivity index (χ3n) is 5.50. The number of carbonyl (C=O) groups excluding carboxylic acids is 2. The van der Waals surface area contributed by atoms with E-state index in [0.717, 1.165) is 5.56 Å². The van der Waals surface area contributed by atoms with Gasteiger partial charge in [0.25, 0.3) is 0 Å². The molecule has 0 aliphatic carbocycles. The minimum atomic E-state index is -0.529. The van der Waals surface area contributed by atoms with Gasteiger partial charge in [-0.2, -0.15) is 0 Å². The number of ether oxygens (including phenoxy) is 4. The molecule has 0 aliphatic heterocycles. The highest BCUT2D eigenvalue weighted by Crippen LogP contribution is 2.31. The molecule has 0 atom stereocenters. The average molecular weight is 508 g/mol. The number of hydrogen-bond donors (Lipinski definition) is 2. The zero-order valence-corrected chi connectivity index (χ0v) is 21.1. The lowest BCUT2D eigenvalue weighted by molar-refractivity contribution is 0.118. The molecule has 0 heterocycles. The van der Waals surface area contributed by atoms with Gasteiger partial charge in [0.05, 0.1) is 14.2 Å². The first-order valence-electron chi connectivity index (χ1n) is 12.0. The number of nitrogens with zero attached hydrogens (tertiary/aromatic N) is 1. The zero-order chi connectivity index (χ0) is 26.3. The quantitative estimate of drug-likeness (QED) is 0.334. The number of carbonyl (C=O) groups is 2. The van der Waals surface area contributed by atoms with E-state index in [1.165, 1.54) is 0 Å². The van der Waals surface area contributed by atoms with Gasteiger partial charge in [-0.1, -0.05) is 48.5 Å². The van der Waals surface area contributed by atoms with Crippen LogP contribution < -0.4 is 20.1 Å². The van der Waals surface area contributed by atoms with Crippen molar-refractivity contribution in [1.82, 2.24) is 4.90 Å². The predicted molar refractivity (Wildman–Crippen MR) is 143 cm³/mol. The number of anilines is 2. The summed E-state index contributed by atoms with van der Waals surface area (Å²) >= 11 is 0. The van der Waals surface area contributed by atoms with Crippen molar-refractivity contribution >= 4 is 23.6 Å². The first kappa shape index (κ1) is 27.3. The molecule has 0 saturated heterocycles. The summed E-state index contributed by atoms with van der Waals surface area (Å²) in [4.78, 5) is 26.3. The van der Waals surface area contributed by atoms with Gasteiger partial charge in [-0.3, -0.25) is 15.5 Å². The van der Waals surface area contributed by atoms with Crippen LogP contribution in [0.25, 0.3) is 0 Å². The van der Waals surface area contributed by atoms with Crippen molar-refractivity contribution in [2.75, 3.05) is 57.7 Å². The third-order valence-corrected chi connectivity index (χ3v) is 5.50. The van der Waals surface area contributed by atoms with Gasteiger partial charge in [0, 0.05) is 31.0 Å². The maximum absolute atomic E-state index is 12.1. The number of methoxy groups -OCH3 is 2. The van der Waals surface area contributed by atoms with E-state index in [2.05, 4.69) is 15.5 Å². The second-order valence-corrected chi connectivity index (χ2v) is 8.00. The van der Waals surface area contributed by atoms with Gasteiger partial charge in [0.1, 0.15) is 13.2 Å². The number of nitrogens with one attached hydrogen (secondary N) is 2. The second kappa shape index (κ2) is 15.0. The molecule has 9 nitrogen and oxygen atoms in total. The molecule has 2 N–H and O–H groups in total. The highest BCUT2D eigenvalue weighted by Gasteiger charge is 2.14. The Morgan fingerprint density at radius 2 is 1.22 bits per heavy atom. The van der Waals surface area contributed by atoms with Crippen LogP contribution in [-0.2, 0) is 15.9 Å². The van der Waals surface area contributed by atoms with Crippen molar-refractivity contribution in [3.8, 4) is 11.5 Å². The van der Waals surface area contributed by atoms with Crippen LogP contribution in [0.15, 0.2) is 78.9 Å². The van der Waals surface area contributed by atoms with Crippen LogP contribution >= 0.6 is 0 Å². The largest absolute Gasteiger partial charge is 0.493 e. The smallest absolute Gasteiger partial charge is 0.411 e. The Labute approximate surface area is 217 Å². The standard InChI is InChI=1S/C28H33N3O6/c1-34-25-15-9-10-22(26(25)35-2)16-17-31(18-20-36-27(32)29-23-11-5-3-6-12-23)19-21-37-28(33)30-24-13-7-4-8-14-24/h3-15H,16-21H2,1-2H3,(H,29,32)(H,30,33). The summed E-state index contributed by atoms with van der Waals surface area (Å²) in [6, 6.07) is 23.9. The molecule has 0 fully saturated rings. The molecule has 9 heteroatoms. The molecule has 3 rings (SSSR count). The lowest BCUT2D eigenvalue weighted by Crippen LogP contribution is -2.34. The molecule has 0 aliphatic rings. The summed E-state index contributed by atoms with van der Waals surface area (Å²) in [5.41, 5.74) is 2.30. The van der Waals surface area contributed by atoms with Gasteiger partial charge in [-0.25, -0.2) is 9.59 Å². The second-order valence-electron chi connectivity index (χ2n) is 8.00. The fourth-order valence-electron chi connectivity index (χ4n) is 3.65. The summed E-state index contributed by atoms with van der Waals surface area (Å²) in [5.74, 6) is 1.34. The normalized spacial score (nSPS) is 10.5. The highest BCUT2D eigenvalue weighted by atomic mass is 16.6. The molecule has 37 heavy (non-hydrogen) atoms. The van der Waals surface area contributed by atoms with E-state index in [1.807, 2.05) is 54.6 Å². The van der Waals surface area contributed by atoms with Gasteiger partial charge >= 0.3 is 12.2 Å². The molecule has 2 amide bonds. The first-order valence-corrected chi connectivity index (χ1v) is 12.0. The van der Waals surface area contributed by atoms with E-state index < -0.39 is 12.2 Å². The van der Waals surface area contributed by atoms with Crippen molar-refractivity contribution in [3.63, 3.8) is 0 Å². The fraction of sp³-hybridized carbons (Fsp3) is 0.286. The summed E-state index contributed by atoms with van der Waals surface area (Å²) in [6.07, 6.45) is -0.398. The van der Waals surface area contributed by atoms with Crippen LogP contribution in [0.2, 0.25) is 0 Å². The predicted octanol–water partition coefficient (Wildman–Crippen LogP) is 5.05. The molecular formula is C28H33N3O6. The highest BCUT2D eigenvalue weighted by molar-refractivity contribution is 5.84. The lowest BCUT2D eigenvalue weighted by atomic mass is 10.1. The Bertz CT molecular complexity index is 1050. The topological polar surface area (TPSA) is 98.4 Å². The van der Waals surface area contributed by atoms with Gasteiger partial charge in [-0.15, -0.1) is 0 Å². The maximum atomic E-state index is 12.1. The number of hydrogen-bond acceptors (Lipinski definition) is 7. The SMILES string of the molecule is COc1cccc(CCN(CCOC(=O)Nc2ccccc2)CCOC(=O)Nc2ccccc2)c1OC. The monoisotopic (exact) mass is 507 g/mol. The molecule has 0 unspecified atom stereocenters. The van der Waals surface area contributed by atoms with Gasteiger partial charge in [0.15, 0.2) is 11.5 Å². The molecule has 0 spiro atoms. The van der Waals surface area contributed by atoms with Crippen LogP contribution in [0.3, 0.4) is 0 Å². The minimum Gasteiger partial charge on any atom is -0.493 e. The van der Waals surface area contributed by atoms with Crippen LogP contribution in [0.1, 0.15) is 5.56 Å². The van der Waals surface area contributed by atoms with E-state index in [1.54, 1.807) is 38.5 Å². The van der Waals surface area contributed by atoms with Crippen molar-refractivity contribution < 1.29 is 28.5 Å². The number of benzene rings is 3. The Balaban J connectivity index is 1.53. The van der Waals surface area contributed by atoms with Crippen molar-refractivity contribution in [3.05, 3.63) is 84.4 Å². The Morgan fingerprint density at radius 3 is 1.70 bits per heavy atom. The van der Waals surface area contributed by atoms with E-state index >= 15 is 0 Å². The molecule has 0 bridgehead atoms. The fourth-order valence-corrected chi connectivity index (χ4v) is 3.65. The van der Waals surface area contributed by atoms with Crippen LogP contribution in [0.5, 0.6) is 11.5 Å². The van der Waals surface area contributed by atoms with Crippen molar-refractivity contribution in [1.29, 1.82) is 0 Å². The number of rotatable bonds is 13. The number of amides is 2. The molecule has 0 aromatic heterocycles. The molecule has 0 saturated carbocycles. The van der Waals surface area contributed by atoms with E-state index in [9.17, 15) is 9.59 Å². The molecule has 0 radical (unpaired) electrons. The Morgan fingerprint density at radius 1 is 0.676 bits per heavy atom. The summed E-state index contributed by atoms with van der Waals surface area (Å²) in [7, 11) is 3.21. The molecule has 196 valence electrons. The van der Waals surface area contributed by atoms with Crippen molar-refractivity contribution in [2.45, 2.75) is 6.42 Å². The zero-order valence-electron chi connectivity index (χ0n) is 21.1. The molecular weight excluding hydrogens is 474 g/mol. The lowest BCUT2D eigenvalue weighted by Gasteiger charge is -2.23. The van der Waals surface area contributed by atoms with Crippen LogP contribution in [0, 0.1) is 0 Å². The molecule has 3 aromatic carbocycles. The average Bonchev–Trinajstić information content (AvgIpc) is 2.92. The van der Waals surface area contributed by atoms with Gasteiger partial charge in [0.2, 0.25) is 0 Å². The van der Waals surface area contributed by atoms with E-state index in [4.69, 9.17) is 18.9 Å². The summed E-state index contributed by atoms with van der Waals surface area (Å²) < 4.78 is 21.7.